The lowest BCUT2D eigenvalue weighted by molar-refractivity contribution is 0.541. The van der Waals surface area contributed by atoms with Gasteiger partial charge in [0, 0.05) is 29.2 Å². The Kier molecular flexibility index (Phi) is 5.34. The molecule has 1 aliphatic rings. The van der Waals surface area contributed by atoms with Crippen LogP contribution < -0.4 is 10.0 Å². The Morgan fingerprint density at radius 1 is 1.12 bits per heavy atom. The van der Waals surface area contributed by atoms with Gasteiger partial charge in [-0.25, -0.2) is 17.5 Å². The van der Waals surface area contributed by atoms with Crippen molar-refractivity contribution in [2.75, 3.05) is 0 Å². The number of sulfonamides is 1. The highest BCUT2D eigenvalue weighted by atomic mass is 79.9. The van der Waals surface area contributed by atoms with Gasteiger partial charge in [0.05, 0.1) is 0 Å². The van der Waals surface area contributed by atoms with Crippen LogP contribution in [0.5, 0.6) is 0 Å². The molecule has 2 aromatic rings. The monoisotopic (exact) mass is 412 g/mol. The molecule has 0 amide bonds. The summed E-state index contributed by atoms with van der Waals surface area (Å²) in [5, 5.41) is 3.20. The number of benzene rings is 2. The van der Waals surface area contributed by atoms with E-state index < -0.39 is 15.8 Å². The van der Waals surface area contributed by atoms with E-state index in [0.29, 0.717) is 22.6 Å². The minimum absolute atomic E-state index is 0.116. The Balaban J connectivity index is 1.80. The average molecular weight is 413 g/mol. The molecule has 0 unspecified atom stereocenters. The molecule has 0 bridgehead atoms. The summed E-state index contributed by atoms with van der Waals surface area (Å²) in [5.74, 6) is -0.702. The second-order valence-corrected chi connectivity index (χ2v) is 8.49. The van der Waals surface area contributed by atoms with Gasteiger partial charge in [-0.1, -0.05) is 46.3 Å². The zero-order valence-corrected chi connectivity index (χ0v) is 15.3. The smallest absolute Gasteiger partial charge is 0.243 e. The molecule has 3 rings (SSSR count). The van der Waals surface area contributed by atoms with Gasteiger partial charge >= 0.3 is 0 Å². The maximum Gasteiger partial charge on any atom is 0.243 e. The van der Waals surface area contributed by atoms with E-state index in [9.17, 15) is 12.8 Å². The van der Waals surface area contributed by atoms with E-state index in [1.165, 1.54) is 6.07 Å². The van der Waals surface area contributed by atoms with Crippen molar-refractivity contribution in [2.45, 2.75) is 36.9 Å². The first-order valence-corrected chi connectivity index (χ1v) is 9.98. The third-order valence-corrected chi connectivity index (χ3v) is 5.69. The fraction of sp³-hybridized carbons (Fsp3) is 0.294. The highest BCUT2D eigenvalue weighted by Gasteiger charge is 2.24. The van der Waals surface area contributed by atoms with Crippen LogP contribution in [0.15, 0.2) is 51.8 Å². The Bertz CT molecular complexity index is 824. The van der Waals surface area contributed by atoms with E-state index in [-0.39, 0.29) is 11.4 Å². The van der Waals surface area contributed by atoms with Gasteiger partial charge in [-0.3, -0.25) is 0 Å². The van der Waals surface area contributed by atoms with Crippen LogP contribution in [0.3, 0.4) is 0 Å². The van der Waals surface area contributed by atoms with Gasteiger partial charge in [-0.2, -0.15) is 0 Å². The summed E-state index contributed by atoms with van der Waals surface area (Å²) in [6.07, 6.45) is 2.17. The predicted octanol–water partition coefficient (Wildman–Crippen LogP) is 3.32. The summed E-state index contributed by atoms with van der Waals surface area (Å²) in [7, 11) is -3.94. The van der Waals surface area contributed by atoms with Crippen molar-refractivity contribution in [3.8, 4) is 0 Å². The van der Waals surface area contributed by atoms with Crippen molar-refractivity contribution in [1.82, 2.24) is 10.0 Å². The Morgan fingerprint density at radius 2 is 1.83 bits per heavy atom. The highest BCUT2D eigenvalue weighted by Crippen LogP contribution is 2.26. The molecule has 0 aliphatic heterocycles. The molecule has 0 spiro atoms. The number of halogens is 2. The van der Waals surface area contributed by atoms with Crippen molar-refractivity contribution >= 4 is 26.0 Å². The van der Waals surface area contributed by atoms with Gasteiger partial charge < -0.3 is 5.32 Å². The first kappa shape index (κ1) is 17.5. The van der Waals surface area contributed by atoms with Gasteiger partial charge in [0.15, 0.2) is 0 Å². The van der Waals surface area contributed by atoms with Crippen LogP contribution in [0.1, 0.15) is 24.0 Å². The molecule has 7 heteroatoms. The fourth-order valence-electron chi connectivity index (χ4n) is 2.34. The van der Waals surface area contributed by atoms with Crippen LogP contribution in [0, 0.1) is 5.82 Å². The van der Waals surface area contributed by atoms with E-state index in [4.69, 9.17) is 0 Å². The lowest BCUT2D eigenvalue weighted by atomic mass is 10.2. The average Bonchev–Trinajstić information content (AvgIpc) is 3.39. The second kappa shape index (κ2) is 7.31. The van der Waals surface area contributed by atoms with Crippen molar-refractivity contribution < 1.29 is 12.8 Å². The molecule has 2 aromatic carbocycles. The normalized spacial score (nSPS) is 14.8. The molecule has 0 saturated heterocycles. The van der Waals surface area contributed by atoms with Crippen LogP contribution in [-0.2, 0) is 23.1 Å². The minimum Gasteiger partial charge on any atom is -0.310 e. The molecular weight excluding hydrogens is 395 g/mol. The maximum absolute atomic E-state index is 14.7. The first-order valence-electron chi connectivity index (χ1n) is 7.70. The highest BCUT2D eigenvalue weighted by molar-refractivity contribution is 9.10. The van der Waals surface area contributed by atoms with Gasteiger partial charge in [0.1, 0.15) is 10.7 Å². The van der Waals surface area contributed by atoms with E-state index >= 15 is 0 Å². The third kappa shape index (κ3) is 4.42. The molecule has 2 N–H and O–H groups in total. The van der Waals surface area contributed by atoms with Gasteiger partial charge in [-0.05, 0) is 30.5 Å². The number of nitrogens with one attached hydrogen (secondary N) is 2. The molecule has 128 valence electrons. The Hall–Kier alpha value is -1.28. The molecule has 4 nitrogen and oxygen atoms in total. The second-order valence-electron chi connectivity index (χ2n) is 5.84. The molecule has 0 atom stereocenters. The van der Waals surface area contributed by atoms with Crippen LogP contribution in [0.2, 0.25) is 0 Å². The number of rotatable bonds is 7. The van der Waals surface area contributed by atoms with Gasteiger partial charge in [-0.15, -0.1) is 0 Å². The standard InChI is InChI=1S/C17H18BrFN2O2S/c18-14-8-13(11-20-15-6-7-15)17(19)16(9-14)24(22,23)21-10-12-4-2-1-3-5-12/h1-5,8-9,15,20-21H,6-7,10-11H2. The summed E-state index contributed by atoms with van der Waals surface area (Å²) < 4.78 is 42.6. The van der Waals surface area contributed by atoms with Crippen molar-refractivity contribution in [3.05, 3.63) is 63.9 Å². The van der Waals surface area contributed by atoms with Crippen LogP contribution in [0.4, 0.5) is 4.39 Å². The zero-order chi connectivity index (χ0) is 17.2. The van der Waals surface area contributed by atoms with Crippen molar-refractivity contribution in [1.29, 1.82) is 0 Å². The summed E-state index contributed by atoms with van der Waals surface area (Å²) in [6.45, 7) is 0.432. The summed E-state index contributed by atoms with van der Waals surface area (Å²) in [6, 6.07) is 12.4. The summed E-state index contributed by atoms with van der Waals surface area (Å²) >= 11 is 3.27. The van der Waals surface area contributed by atoms with Gasteiger partial charge in [0.25, 0.3) is 0 Å². The van der Waals surface area contributed by atoms with E-state index in [2.05, 4.69) is 26.0 Å². The summed E-state index contributed by atoms with van der Waals surface area (Å²) in [5.41, 5.74) is 1.16. The molecular formula is C17H18BrFN2O2S. The molecule has 0 aromatic heterocycles. The largest absolute Gasteiger partial charge is 0.310 e. The number of hydrogen-bond acceptors (Lipinski definition) is 3. The van der Waals surface area contributed by atoms with Crippen LogP contribution in [0.25, 0.3) is 0 Å². The van der Waals surface area contributed by atoms with E-state index in [1.807, 2.05) is 30.3 Å². The molecule has 1 aliphatic carbocycles. The van der Waals surface area contributed by atoms with Crippen LogP contribution >= 0.6 is 15.9 Å². The Labute approximate surface area is 149 Å². The van der Waals surface area contributed by atoms with Crippen LogP contribution in [-0.4, -0.2) is 14.5 Å². The lowest BCUT2D eigenvalue weighted by Crippen LogP contribution is -2.25. The first-order chi connectivity index (χ1) is 11.5. The zero-order valence-electron chi connectivity index (χ0n) is 12.9. The molecule has 0 heterocycles. The fourth-order valence-corrected chi connectivity index (χ4v) is 4.15. The third-order valence-electron chi connectivity index (χ3n) is 3.84. The topological polar surface area (TPSA) is 58.2 Å². The molecule has 1 saturated carbocycles. The van der Waals surface area contributed by atoms with E-state index in [1.54, 1.807) is 6.07 Å². The van der Waals surface area contributed by atoms with Gasteiger partial charge in [0.2, 0.25) is 10.0 Å². The molecule has 24 heavy (non-hydrogen) atoms. The lowest BCUT2D eigenvalue weighted by Gasteiger charge is -2.12. The predicted molar refractivity (Wildman–Crippen MR) is 94.4 cm³/mol. The SMILES string of the molecule is O=S(=O)(NCc1ccccc1)c1cc(Br)cc(CNC2CC2)c1F. The van der Waals surface area contributed by atoms with E-state index in [0.717, 1.165) is 18.4 Å². The molecule has 1 fully saturated rings. The molecule has 0 radical (unpaired) electrons. The minimum atomic E-state index is -3.94. The summed E-state index contributed by atoms with van der Waals surface area (Å²) in [4.78, 5) is -0.333. The maximum atomic E-state index is 14.7. The van der Waals surface area contributed by atoms with Crippen molar-refractivity contribution in [2.24, 2.45) is 0 Å². The van der Waals surface area contributed by atoms with Crippen molar-refractivity contribution in [3.63, 3.8) is 0 Å². The Morgan fingerprint density at radius 3 is 2.50 bits per heavy atom. The number of hydrogen-bond donors (Lipinski definition) is 2. The quantitative estimate of drug-likeness (QED) is 0.733.